The number of hydrogen-bond acceptors (Lipinski definition) is 9. The van der Waals surface area contributed by atoms with E-state index >= 15 is 0 Å². The van der Waals surface area contributed by atoms with E-state index in [2.05, 4.69) is 21.9 Å². The van der Waals surface area contributed by atoms with Crippen molar-refractivity contribution in [2.24, 2.45) is 0 Å². The van der Waals surface area contributed by atoms with Gasteiger partial charge >= 0.3 is 12.1 Å². The maximum atomic E-state index is 13.2. The van der Waals surface area contributed by atoms with Crippen molar-refractivity contribution >= 4 is 34.8 Å². The van der Waals surface area contributed by atoms with E-state index in [1.807, 2.05) is 37.3 Å². The molecule has 0 atom stereocenters. The van der Waals surface area contributed by atoms with Crippen molar-refractivity contribution in [1.29, 1.82) is 0 Å². The molecular weight excluding hydrogens is 660 g/mol. The van der Waals surface area contributed by atoms with E-state index in [4.69, 9.17) is 19.2 Å². The van der Waals surface area contributed by atoms with Crippen LogP contribution < -0.4 is 14.4 Å². The van der Waals surface area contributed by atoms with Gasteiger partial charge in [0.25, 0.3) is 0 Å². The molecule has 12 heteroatoms. The highest BCUT2D eigenvalue weighted by Crippen LogP contribution is 2.37. The van der Waals surface area contributed by atoms with Gasteiger partial charge in [-0.3, -0.25) is 4.90 Å². The number of aromatic nitrogens is 1. The molecule has 2 heterocycles. The Morgan fingerprint density at radius 2 is 1.67 bits per heavy atom. The molecule has 48 heavy (non-hydrogen) atoms. The number of methoxy groups -OCH3 is 1. The first-order chi connectivity index (χ1) is 22.9. The number of carbonyl (C=O) groups excluding carboxylic acids is 1. The first-order valence-corrected chi connectivity index (χ1v) is 17.5. The monoisotopic (exact) mass is 699 g/mol. The number of alkyl halides is 3. The van der Waals surface area contributed by atoms with Crippen LogP contribution in [0.1, 0.15) is 42.5 Å². The normalized spacial score (nSPS) is 14.2. The molecule has 5 rings (SSSR count). The highest BCUT2D eigenvalue weighted by molar-refractivity contribution is 7.98. The van der Waals surface area contributed by atoms with Crippen LogP contribution in [0, 0.1) is 6.92 Å². The lowest BCUT2D eigenvalue weighted by Crippen LogP contribution is -2.46. The molecule has 1 aliphatic rings. The number of piperazine rings is 1. The summed E-state index contributed by atoms with van der Waals surface area (Å²) in [5, 5.41) is 0.701. The van der Waals surface area contributed by atoms with E-state index < -0.39 is 23.3 Å². The van der Waals surface area contributed by atoms with Gasteiger partial charge in [-0.1, -0.05) is 12.1 Å². The number of aryl methyl sites for hydroxylation is 1. The summed E-state index contributed by atoms with van der Waals surface area (Å²) in [5.74, 6) is 1.65. The van der Waals surface area contributed by atoms with Crippen molar-refractivity contribution in [3.05, 3.63) is 88.4 Å². The van der Waals surface area contributed by atoms with Crippen LogP contribution in [0.4, 0.5) is 18.9 Å². The van der Waals surface area contributed by atoms with Gasteiger partial charge in [0.1, 0.15) is 16.5 Å². The fraction of sp³-hybridized carbons (Fsp3) is 0.389. The Hall–Kier alpha value is -3.74. The predicted octanol–water partition coefficient (Wildman–Crippen LogP) is 8.48. The summed E-state index contributed by atoms with van der Waals surface area (Å²) in [6, 6.07) is 19.1. The van der Waals surface area contributed by atoms with Crippen LogP contribution in [-0.4, -0.2) is 61.3 Å². The topological polar surface area (TPSA) is 64.1 Å². The fourth-order valence-corrected chi connectivity index (χ4v) is 7.48. The number of carbonyl (C=O) groups is 1. The lowest BCUT2D eigenvalue weighted by molar-refractivity contribution is -0.158. The molecule has 7 nitrogen and oxygen atoms in total. The van der Waals surface area contributed by atoms with Crippen molar-refractivity contribution in [3.63, 3.8) is 0 Å². The Balaban J connectivity index is 1.31. The summed E-state index contributed by atoms with van der Waals surface area (Å²) in [6.07, 6.45) is -4.39. The number of anilines is 1. The molecule has 0 amide bonds. The van der Waals surface area contributed by atoms with Crippen molar-refractivity contribution in [2.75, 3.05) is 44.8 Å². The fourth-order valence-electron chi connectivity index (χ4n) is 5.31. The van der Waals surface area contributed by atoms with Crippen molar-refractivity contribution < 1.29 is 32.2 Å². The molecule has 0 saturated carbocycles. The van der Waals surface area contributed by atoms with Crippen LogP contribution in [0.15, 0.2) is 71.6 Å². The van der Waals surface area contributed by atoms with Gasteiger partial charge in [0.2, 0.25) is 0 Å². The summed E-state index contributed by atoms with van der Waals surface area (Å²) < 4.78 is 56.1. The molecular formula is C36H40F3N3O4S2. The molecule has 1 fully saturated rings. The van der Waals surface area contributed by atoms with Crippen molar-refractivity contribution in [1.82, 2.24) is 9.88 Å². The quantitative estimate of drug-likeness (QED) is 0.108. The number of ether oxygens (including phenoxy) is 3. The van der Waals surface area contributed by atoms with E-state index in [1.54, 1.807) is 39.6 Å². The number of thioether (sulfide) groups is 1. The number of rotatable bonds is 12. The molecule has 0 radical (unpaired) electrons. The molecule has 1 aromatic heterocycles. The smallest absolute Gasteiger partial charge is 0.416 e. The Kier molecular flexibility index (Phi) is 11.3. The van der Waals surface area contributed by atoms with E-state index in [1.165, 1.54) is 23.5 Å². The summed E-state index contributed by atoms with van der Waals surface area (Å²) in [6.45, 7) is 11.4. The Morgan fingerprint density at radius 1 is 0.979 bits per heavy atom. The number of esters is 1. The second-order valence-corrected chi connectivity index (χ2v) is 14.1. The van der Waals surface area contributed by atoms with Crippen LogP contribution >= 0.6 is 23.1 Å². The molecule has 0 N–H and O–H groups in total. The number of hydrogen-bond donors (Lipinski definition) is 0. The minimum Gasteiger partial charge on any atom is -0.497 e. The number of thiazole rings is 1. The van der Waals surface area contributed by atoms with Gasteiger partial charge in [0, 0.05) is 59.5 Å². The standard InChI is InChI=1S/C36H40F3N3O4S2/c1-6-45-34(43)35(3,4)46-31-16-15-29(21-24(31)2)47-23-32-30(40-33(48-32)25-7-9-26(10-8-25)36(37,38)39)22-41-17-19-42(20-18-41)27-11-13-28(44-5)14-12-27/h7-16,21H,6,17-20,22-23H2,1-5H3. The minimum atomic E-state index is -4.39. The zero-order valence-electron chi connectivity index (χ0n) is 27.7. The third-order valence-corrected chi connectivity index (χ3v) is 10.4. The first-order valence-electron chi connectivity index (χ1n) is 15.7. The second kappa shape index (κ2) is 15.2. The van der Waals surface area contributed by atoms with Gasteiger partial charge in [0.05, 0.1) is 25.0 Å². The van der Waals surface area contributed by atoms with Gasteiger partial charge in [-0.25, -0.2) is 9.78 Å². The lowest BCUT2D eigenvalue weighted by atomic mass is 10.1. The van der Waals surface area contributed by atoms with Crippen LogP contribution in [-0.2, 0) is 28.0 Å². The van der Waals surface area contributed by atoms with E-state index in [9.17, 15) is 18.0 Å². The van der Waals surface area contributed by atoms with Gasteiger partial charge in [-0.2, -0.15) is 13.2 Å². The summed E-state index contributed by atoms with van der Waals surface area (Å²) >= 11 is 3.18. The van der Waals surface area contributed by atoms with Crippen molar-refractivity contribution in [2.45, 2.75) is 56.7 Å². The zero-order valence-corrected chi connectivity index (χ0v) is 29.4. The maximum absolute atomic E-state index is 13.2. The second-order valence-electron chi connectivity index (χ2n) is 12.0. The summed E-state index contributed by atoms with van der Waals surface area (Å²) in [7, 11) is 1.66. The largest absolute Gasteiger partial charge is 0.497 e. The van der Waals surface area contributed by atoms with E-state index in [-0.39, 0.29) is 6.61 Å². The van der Waals surface area contributed by atoms with E-state index in [0.29, 0.717) is 28.6 Å². The van der Waals surface area contributed by atoms with Crippen LogP contribution in [0.2, 0.25) is 0 Å². The molecule has 0 unspecified atom stereocenters. The summed E-state index contributed by atoms with van der Waals surface area (Å²) in [5.41, 5.74) is 1.84. The highest BCUT2D eigenvalue weighted by atomic mass is 32.2. The van der Waals surface area contributed by atoms with Gasteiger partial charge < -0.3 is 19.1 Å². The Morgan fingerprint density at radius 3 is 2.27 bits per heavy atom. The molecule has 1 aliphatic heterocycles. The third kappa shape index (κ3) is 8.83. The molecule has 3 aromatic carbocycles. The van der Waals surface area contributed by atoms with Gasteiger partial charge in [0.15, 0.2) is 5.60 Å². The minimum absolute atomic E-state index is 0.278. The highest BCUT2D eigenvalue weighted by Gasteiger charge is 2.32. The third-order valence-electron chi connectivity index (χ3n) is 8.07. The molecule has 0 bridgehead atoms. The van der Waals surface area contributed by atoms with E-state index in [0.717, 1.165) is 70.8 Å². The molecule has 256 valence electrons. The van der Waals surface area contributed by atoms with Gasteiger partial charge in [-0.05, 0) is 87.9 Å². The SMILES string of the molecule is CCOC(=O)C(C)(C)Oc1ccc(SCc2sc(-c3ccc(C(F)(F)F)cc3)nc2CN2CCN(c3ccc(OC)cc3)CC2)cc1C. The van der Waals surface area contributed by atoms with Crippen LogP contribution in [0.25, 0.3) is 10.6 Å². The van der Waals surface area contributed by atoms with Crippen LogP contribution in [0.3, 0.4) is 0 Å². The number of nitrogens with zero attached hydrogens (tertiary/aromatic N) is 3. The molecule has 0 aliphatic carbocycles. The van der Waals surface area contributed by atoms with Crippen LogP contribution in [0.5, 0.6) is 11.5 Å². The molecule has 0 spiro atoms. The molecule has 4 aromatic rings. The number of halogens is 3. The number of benzene rings is 3. The predicted molar refractivity (Wildman–Crippen MR) is 185 cm³/mol. The first kappa shape index (κ1) is 35.6. The zero-order chi connectivity index (χ0) is 34.5. The Bertz CT molecular complexity index is 1680. The average Bonchev–Trinajstić information content (AvgIpc) is 3.47. The molecule has 1 saturated heterocycles. The summed E-state index contributed by atoms with van der Waals surface area (Å²) in [4.78, 5) is 24.1. The van der Waals surface area contributed by atoms with Gasteiger partial charge in [-0.15, -0.1) is 23.1 Å². The Labute approximate surface area is 288 Å². The van der Waals surface area contributed by atoms with Crippen molar-refractivity contribution in [3.8, 4) is 22.1 Å². The maximum Gasteiger partial charge on any atom is 0.416 e. The average molecular weight is 700 g/mol. The lowest BCUT2D eigenvalue weighted by Gasteiger charge is -2.36.